The molecule has 1 heterocycles. The van der Waals surface area contributed by atoms with E-state index in [0.29, 0.717) is 0 Å². The molecular formula is C18H11F5N2O3S. The molecule has 0 aliphatic rings. The number of rotatable bonds is 5. The number of hydrogen-bond donors (Lipinski definition) is 0. The van der Waals surface area contributed by atoms with Crippen LogP contribution < -0.4 is 9.04 Å². The smallest absolute Gasteiger partial charge is 0.264 e. The van der Waals surface area contributed by atoms with Gasteiger partial charge in [0.2, 0.25) is 17.4 Å². The summed E-state index contributed by atoms with van der Waals surface area (Å²) >= 11 is 0. The fourth-order valence-electron chi connectivity index (χ4n) is 2.30. The fraction of sp³-hybridized carbons (Fsp3) is 0.0556. The van der Waals surface area contributed by atoms with Crippen molar-refractivity contribution < 1.29 is 35.1 Å². The van der Waals surface area contributed by atoms with E-state index >= 15 is 0 Å². The summed E-state index contributed by atoms with van der Waals surface area (Å²) in [6.45, 7) is 0. The number of ether oxygens (including phenoxy) is 1. The van der Waals surface area contributed by atoms with Crippen LogP contribution in [0.15, 0.2) is 53.4 Å². The maximum absolute atomic E-state index is 13.6. The van der Waals surface area contributed by atoms with Crippen molar-refractivity contribution in [2.24, 2.45) is 0 Å². The molecule has 0 bridgehead atoms. The van der Waals surface area contributed by atoms with Crippen molar-refractivity contribution >= 4 is 15.7 Å². The molecule has 0 saturated carbocycles. The van der Waals surface area contributed by atoms with E-state index in [4.69, 9.17) is 4.74 Å². The van der Waals surface area contributed by atoms with Crippen molar-refractivity contribution in [2.45, 2.75) is 4.90 Å². The average Bonchev–Trinajstić information content (AvgIpc) is 2.70. The molecule has 0 unspecified atom stereocenters. The second-order valence-corrected chi connectivity index (χ2v) is 7.64. The van der Waals surface area contributed by atoms with Gasteiger partial charge in [-0.15, -0.1) is 0 Å². The highest BCUT2D eigenvalue weighted by atomic mass is 32.2. The quantitative estimate of drug-likeness (QED) is 0.445. The monoisotopic (exact) mass is 430 g/mol. The van der Waals surface area contributed by atoms with E-state index in [2.05, 4.69) is 4.98 Å². The van der Waals surface area contributed by atoms with E-state index in [9.17, 15) is 30.4 Å². The molecule has 0 amide bonds. The first-order chi connectivity index (χ1) is 13.6. The van der Waals surface area contributed by atoms with E-state index < -0.39 is 45.1 Å². The Morgan fingerprint density at radius 2 is 1.34 bits per heavy atom. The molecule has 2 aromatic carbocycles. The summed E-state index contributed by atoms with van der Waals surface area (Å²) in [6, 6.07) is 8.93. The van der Waals surface area contributed by atoms with Crippen LogP contribution in [0.25, 0.3) is 0 Å². The van der Waals surface area contributed by atoms with Crippen LogP contribution in [0, 0.1) is 29.3 Å². The van der Waals surface area contributed by atoms with Crippen LogP contribution in [0.3, 0.4) is 0 Å². The molecular weight excluding hydrogens is 419 g/mol. The Morgan fingerprint density at radius 1 is 0.828 bits per heavy atom. The predicted molar refractivity (Wildman–Crippen MR) is 92.6 cm³/mol. The van der Waals surface area contributed by atoms with Gasteiger partial charge < -0.3 is 4.74 Å². The lowest BCUT2D eigenvalue weighted by Crippen LogP contribution is -2.26. The number of sulfonamides is 1. The van der Waals surface area contributed by atoms with Gasteiger partial charge in [0.05, 0.1) is 10.6 Å². The molecule has 0 fully saturated rings. The summed E-state index contributed by atoms with van der Waals surface area (Å²) in [7, 11) is -2.77. The number of halogens is 5. The summed E-state index contributed by atoms with van der Waals surface area (Å²) in [5.74, 6) is -9.52. The largest absolute Gasteiger partial charge is 0.451 e. The van der Waals surface area contributed by atoms with Crippen LogP contribution in [0.2, 0.25) is 0 Å². The molecule has 5 nitrogen and oxygen atoms in total. The predicted octanol–water partition coefficient (Wildman–Crippen LogP) is 4.39. The number of benzene rings is 2. The highest BCUT2D eigenvalue weighted by Gasteiger charge is 2.24. The topological polar surface area (TPSA) is 59.5 Å². The van der Waals surface area contributed by atoms with Crippen LogP contribution in [-0.4, -0.2) is 20.4 Å². The second-order valence-electron chi connectivity index (χ2n) is 5.67. The summed E-state index contributed by atoms with van der Waals surface area (Å²) in [5, 5.41) is 0. The van der Waals surface area contributed by atoms with Gasteiger partial charge in [-0.25, -0.2) is 12.8 Å². The Morgan fingerprint density at radius 3 is 1.86 bits per heavy atom. The zero-order valence-electron chi connectivity index (χ0n) is 14.5. The average molecular weight is 430 g/mol. The Balaban J connectivity index is 1.86. The second kappa shape index (κ2) is 7.66. The van der Waals surface area contributed by atoms with Gasteiger partial charge in [-0.05, 0) is 48.5 Å². The summed E-state index contributed by atoms with van der Waals surface area (Å²) in [4.78, 5) is 2.25. The van der Waals surface area contributed by atoms with Crippen molar-refractivity contribution in [3.8, 4) is 11.5 Å². The SMILES string of the molecule is CN(c1ccc(Oc2c(F)c(F)nc(F)c2F)cc1)S(=O)(=O)c1ccc(F)cc1. The van der Waals surface area contributed by atoms with Crippen molar-refractivity contribution in [2.75, 3.05) is 11.4 Å². The zero-order valence-corrected chi connectivity index (χ0v) is 15.4. The van der Waals surface area contributed by atoms with Crippen LogP contribution in [0.4, 0.5) is 27.6 Å². The van der Waals surface area contributed by atoms with Crippen molar-refractivity contribution in [3.63, 3.8) is 0 Å². The maximum Gasteiger partial charge on any atom is 0.264 e. The van der Waals surface area contributed by atoms with Gasteiger partial charge in [0.1, 0.15) is 11.6 Å². The van der Waals surface area contributed by atoms with Gasteiger partial charge in [-0.3, -0.25) is 4.31 Å². The maximum atomic E-state index is 13.6. The van der Waals surface area contributed by atoms with Crippen LogP contribution >= 0.6 is 0 Å². The standard InChI is InChI=1S/C18H11F5N2O3S/c1-25(29(26,27)13-8-2-10(19)3-9-13)11-4-6-12(7-5-11)28-16-14(20)17(22)24-18(23)15(16)21/h2-9H,1H3. The lowest BCUT2D eigenvalue weighted by Gasteiger charge is -2.20. The Bertz CT molecular complexity index is 1130. The molecule has 0 aliphatic heterocycles. The molecule has 3 aromatic rings. The molecule has 1 aromatic heterocycles. The van der Waals surface area contributed by atoms with Gasteiger partial charge in [-0.2, -0.15) is 22.5 Å². The highest BCUT2D eigenvalue weighted by Crippen LogP contribution is 2.31. The minimum absolute atomic E-state index is 0.134. The van der Waals surface area contributed by atoms with E-state index in [1.165, 1.54) is 19.2 Å². The molecule has 0 aliphatic carbocycles. The van der Waals surface area contributed by atoms with E-state index in [-0.39, 0.29) is 16.3 Å². The number of anilines is 1. The third-order valence-electron chi connectivity index (χ3n) is 3.85. The van der Waals surface area contributed by atoms with Gasteiger partial charge in [-0.1, -0.05) is 0 Å². The van der Waals surface area contributed by atoms with Gasteiger partial charge in [0, 0.05) is 7.05 Å². The first kappa shape index (κ1) is 20.5. The van der Waals surface area contributed by atoms with Gasteiger partial charge in [0.25, 0.3) is 21.9 Å². The van der Waals surface area contributed by atoms with Crippen molar-refractivity contribution in [1.29, 1.82) is 0 Å². The summed E-state index contributed by atoms with van der Waals surface area (Å²) in [5.41, 5.74) is 0.134. The molecule has 0 saturated heterocycles. The van der Waals surface area contributed by atoms with E-state index in [1.54, 1.807) is 0 Å². The summed E-state index contributed by atoms with van der Waals surface area (Å²) in [6.07, 6.45) is 0. The Hall–Kier alpha value is -3.21. The normalized spacial score (nSPS) is 11.4. The summed E-state index contributed by atoms with van der Waals surface area (Å²) < 4.78 is 97.4. The first-order valence-corrected chi connectivity index (χ1v) is 9.27. The van der Waals surface area contributed by atoms with Crippen molar-refractivity contribution in [1.82, 2.24) is 4.98 Å². The molecule has 3 rings (SSSR count). The lowest BCUT2D eigenvalue weighted by molar-refractivity contribution is 0.343. The third kappa shape index (κ3) is 3.99. The fourth-order valence-corrected chi connectivity index (χ4v) is 3.50. The van der Waals surface area contributed by atoms with Gasteiger partial charge >= 0.3 is 0 Å². The molecule has 0 N–H and O–H groups in total. The third-order valence-corrected chi connectivity index (χ3v) is 5.65. The Labute approximate surface area is 162 Å². The molecule has 152 valence electrons. The van der Waals surface area contributed by atoms with Gasteiger partial charge in [0.15, 0.2) is 0 Å². The molecule has 11 heteroatoms. The first-order valence-electron chi connectivity index (χ1n) is 7.83. The van der Waals surface area contributed by atoms with Crippen LogP contribution in [-0.2, 0) is 10.0 Å². The lowest BCUT2D eigenvalue weighted by atomic mass is 10.3. The minimum atomic E-state index is -4.01. The molecule has 0 atom stereocenters. The molecule has 0 radical (unpaired) electrons. The number of pyridine rings is 1. The van der Waals surface area contributed by atoms with E-state index in [1.807, 2.05) is 0 Å². The number of hydrogen-bond acceptors (Lipinski definition) is 4. The van der Waals surface area contributed by atoms with Crippen molar-refractivity contribution in [3.05, 3.63) is 77.9 Å². The zero-order chi connectivity index (χ0) is 21.3. The molecule has 0 spiro atoms. The van der Waals surface area contributed by atoms with Crippen LogP contribution in [0.1, 0.15) is 0 Å². The minimum Gasteiger partial charge on any atom is -0.451 e. The Kier molecular flexibility index (Phi) is 5.42. The van der Waals surface area contributed by atoms with E-state index in [0.717, 1.165) is 40.7 Å². The number of aromatic nitrogens is 1. The van der Waals surface area contributed by atoms with Crippen LogP contribution in [0.5, 0.6) is 11.5 Å². The molecule has 29 heavy (non-hydrogen) atoms. The number of nitrogens with zero attached hydrogens (tertiary/aromatic N) is 2. The highest BCUT2D eigenvalue weighted by molar-refractivity contribution is 7.92.